The lowest BCUT2D eigenvalue weighted by Crippen LogP contribution is -2.58. The van der Waals surface area contributed by atoms with E-state index in [-0.39, 0.29) is 0 Å². The van der Waals surface area contributed by atoms with Crippen LogP contribution in [0.4, 0.5) is 17.6 Å². The summed E-state index contributed by atoms with van der Waals surface area (Å²) in [6, 6.07) is 4.23. The molecule has 31 heavy (non-hydrogen) atoms. The summed E-state index contributed by atoms with van der Waals surface area (Å²) >= 11 is 0. The third-order valence-electron chi connectivity index (χ3n) is 6.85. The van der Waals surface area contributed by atoms with Crippen LogP contribution in [0.15, 0.2) is 18.2 Å². The second kappa shape index (κ2) is 9.24. The minimum atomic E-state index is -4.81. The number of alkyl halides is 3. The molecule has 0 spiro atoms. The summed E-state index contributed by atoms with van der Waals surface area (Å²) in [5.41, 5.74) is -3.76. The van der Waals surface area contributed by atoms with Gasteiger partial charge in [-0.15, -0.1) is 0 Å². The Hall–Kier alpha value is -1.38. The Labute approximate surface area is 182 Å². The first-order chi connectivity index (χ1) is 14.4. The largest absolute Gasteiger partial charge is 0.496 e. The molecule has 1 atom stereocenters. The molecule has 3 rings (SSSR count). The molecule has 1 aromatic carbocycles. The van der Waals surface area contributed by atoms with Crippen molar-refractivity contribution in [1.29, 1.82) is 0 Å². The molecule has 0 radical (unpaired) electrons. The highest BCUT2D eigenvalue weighted by Crippen LogP contribution is 2.44. The first-order valence-electron chi connectivity index (χ1n) is 11.0. The first kappa shape index (κ1) is 24.3. The maximum absolute atomic E-state index is 14.1. The van der Waals surface area contributed by atoms with Gasteiger partial charge in [0.05, 0.1) is 7.11 Å². The van der Waals surface area contributed by atoms with Crippen LogP contribution in [0.2, 0.25) is 0 Å². The molecule has 0 amide bonds. The predicted octanol–water partition coefficient (Wildman–Crippen LogP) is 4.36. The molecule has 1 aromatic rings. The van der Waals surface area contributed by atoms with Crippen LogP contribution in [0.3, 0.4) is 0 Å². The van der Waals surface area contributed by atoms with Gasteiger partial charge in [-0.05, 0) is 81.9 Å². The van der Waals surface area contributed by atoms with E-state index in [0.717, 1.165) is 25.9 Å². The minimum Gasteiger partial charge on any atom is -0.496 e. The molecule has 1 N–H and O–H groups in total. The number of piperidine rings is 1. The fourth-order valence-corrected chi connectivity index (χ4v) is 5.20. The number of rotatable bonds is 7. The summed E-state index contributed by atoms with van der Waals surface area (Å²) in [6.45, 7) is 5.89. The van der Waals surface area contributed by atoms with Gasteiger partial charge in [0, 0.05) is 18.2 Å². The zero-order valence-electron chi connectivity index (χ0n) is 18.6. The highest BCUT2D eigenvalue weighted by atomic mass is 19.4. The number of likely N-dealkylation sites (tertiary alicyclic amines) is 2. The number of hydrogen-bond acceptors (Lipinski definition) is 4. The number of methoxy groups -OCH3 is 1. The Kier molecular flexibility index (Phi) is 7.23. The fourth-order valence-electron chi connectivity index (χ4n) is 5.20. The van der Waals surface area contributed by atoms with Gasteiger partial charge in [0.2, 0.25) is 0 Å². The van der Waals surface area contributed by atoms with Gasteiger partial charge in [0.1, 0.15) is 11.6 Å². The van der Waals surface area contributed by atoms with E-state index in [4.69, 9.17) is 4.74 Å². The van der Waals surface area contributed by atoms with E-state index in [0.29, 0.717) is 30.4 Å². The maximum Gasteiger partial charge on any atom is 0.418 e. The van der Waals surface area contributed by atoms with Gasteiger partial charge in [-0.3, -0.25) is 0 Å². The highest BCUT2D eigenvalue weighted by molar-refractivity contribution is 5.39. The molecule has 2 aliphatic heterocycles. The van der Waals surface area contributed by atoms with Crippen molar-refractivity contribution in [2.45, 2.75) is 69.2 Å². The van der Waals surface area contributed by atoms with Crippen LogP contribution >= 0.6 is 0 Å². The fraction of sp³-hybridized carbons (Fsp3) is 0.739. The van der Waals surface area contributed by atoms with Crippen molar-refractivity contribution in [3.05, 3.63) is 29.6 Å². The summed E-state index contributed by atoms with van der Waals surface area (Å²) < 4.78 is 61.4. The number of hydrogen-bond donors (Lipinski definition) is 1. The van der Waals surface area contributed by atoms with Crippen LogP contribution in [-0.2, 0) is 5.41 Å². The Morgan fingerprint density at radius 3 is 2.23 bits per heavy atom. The van der Waals surface area contributed by atoms with Crippen LogP contribution in [-0.4, -0.2) is 72.6 Å². The number of aliphatic hydroxyl groups is 1. The van der Waals surface area contributed by atoms with Gasteiger partial charge in [0.15, 0.2) is 5.60 Å². The Morgan fingerprint density at radius 2 is 1.68 bits per heavy atom. The number of halogens is 4. The lowest BCUT2D eigenvalue weighted by atomic mass is 9.74. The topological polar surface area (TPSA) is 35.9 Å². The molecule has 176 valence electrons. The molecular weight excluding hydrogens is 412 g/mol. The minimum absolute atomic E-state index is 0.308. The Bertz CT molecular complexity index is 742. The zero-order valence-corrected chi connectivity index (χ0v) is 18.6. The zero-order chi connectivity index (χ0) is 22.9. The first-order valence-corrected chi connectivity index (χ1v) is 11.0. The van der Waals surface area contributed by atoms with Gasteiger partial charge < -0.3 is 19.6 Å². The van der Waals surface area contributed by atoms with E-state index >= 15 is 0 Å². The van der Waals surface area contributed by atoms with E-state index in [2.05, 4.69) is 4.90 Å². The van der Waals surface area contributed by atoms with Crippen LogP contribution in [0.5, 0.6) is 5.75 Å². The van der Waals surface area contributed by atoms with Crippen molar-refractivity contribution in [3.8, 4) is 5.75 Å². The van der Waals surface area contributed by atoms with E-state index in [1.807, 2.05) is 0 Å². The maximum atomic E-state index is 14.1. The second-order valence-corrected chi connectivity index (χ2v) is 9.69. The third kappa shape index (κ3) is 5.52. The molecule has 0 saturated carbocycles. The van der Waals surface area contributed by atoms with Gasteiger partial charge in [-0.2, -0.15) is 13.2 Å². The second-order valence-electron chi connectivity index (χ2n) is 9.69. The summed E-state index contributed by atoms with van der Waals surface area (Å²) in [4.78, 5) is 4.16. The summed E-state index contributed by atoms with van der Waals surface area (Å²) in [5.74, 6) is -0.245. The summed E-state index contributed by atoms with van der Waals surface area (Å²) in [7, 11) is 1.40. The van der Waals surface area contributed by atoms with Gasteiger partial charge in [-0.25, -0.2) is 4.39 Å². The van der Waals surface area contributed by atoms with Crippen LogP contribution in [0.1, 0.15) is 51.5 Å². The van der Waals surface area contributed by atoms with Crippen molar-refractivity contribution < 1.29 is 27.4 Å². The molecule has 2 saturated heterocycles. The average molecular weight is 447 g/mol. The number of benzene rings is 1. The molecular formula is C23H34F4N2O2. The van der Waals surface area contributed by atoms with Crippen molar-refractivity contribution >= 4 is 0 Å². The van der Waals surface area contributed by atoms with Crippen molar-refractivity contribution in [2.24, 2.45) is 0 Å². The van der Waals surface area contributed by atoms with Crippen molar-refractivity contribution in [3.63, 3.8) is 0 Å². The number of ether oxygens (including phenoxy) is 1. The van der Waals surface area contributed by atoms with E-state index < -0.39 is 36.0 Å². The van der Waals surface area contributed by atoms with Crippen LogP contribution in [0.25, 0.3) is 0 Å². The SMILES string of the molecule is COc1ccc(F)cc1C(C)(C)CC(O)(CN1CCC(N2CCCC2)CC1)C(F)(F)F. The molecule has 1 unspecified atom stereocenters. The molecule has 0 aromatic heterocycles. The molecule has 0 aliphatic carbocycles. The quantitative estimate of drug-likeness (QED) is 0.632. The third-order valence-corrected chi connectivity index (χ3v) is 6.85. The molecule has 4 nitrogen and oxygen atoms in total. The monoisotopic (exact) mass is 446 g/mol. The molecule has 2 fully saturated rings. The normalized spacial score (nSPS) is 21.9. The number of β-amino-alcohol motifs (C(OH)–C–C–N with tert-alkyl or cyclic N) is 1. The lowest BCUT2D eigenvalue weighted by Gasteiger charge is -2.43. The molecule has 8 heteroatoms. The molecule has 2 aliphatic rings. The predicted molar refractivity (Wildman–Crippen MR) is 112 cm³/mol. The summed E-state index contributed by atoms with van der Waals surface area (Å²) in [6.07, 6.45) is -1.39. The standard InChI is InChI=1S/C23H34F4N2O2/c1-21(2,19-14-17(24)6-7-20(19)31-3)15-22(30,23(25,26)27)16-28-12-8-18(9-13-28)29-10-4-5-11-29/h6-7,14,18,30H,4-5,8-13,15-16H2,1-3H3. The van der Waals surface area contributed by atoms with Gasteiger partial charge in [0.25, 0.3) is 0 Å². The van der Waals surface area contributed by atoms with Crippen LogP contribution < -0.4 is 4.74 Å². The van der Waals surface area contributed by atoms with Crippen molar-refractivity contribution in [1.82, 2.24) is 9.80 Å². The molecule has 0 bridgehead atoms. The Morgan fingerprint density at radius 1 is 1.06 bits per heavy atom. The van der Waals surface area contributed by atoms with E-state index in [9.17, 15) is 22.7 Å². The number of nitrogens with zero attached hydrogens (tertiary/aromatic N) is 2. The molecule has 2 heterocycles. The van der Waals surface area contributed by atoms with Crippen LogP contribution in [0, 0.1) is 5.82 Å². The summed E-state index contributed by atoms with van der Waals surface area (Å²) in [5, 5.41) is 10.9. The van der Waals surface area contributed by atoms with Crippen molar-refractivity contribution in [2.75, 3.05) is 39.8 Å². The van der Waals surface area contributed by atoms with E-state index in [1.165, 1.54) is 38.2 Å². The van der Waals surface area contributed by atoms with Gasteiger partial charge in [-0.1, -0.05) is 13.8 Å². The lowest BCUT2D eigenvalue weighted by molar-refractivity contribution is -0.272. The Balaban J connectivity index is 1.74. The smallest absolute Gasteiger partial charge is 0.418 e. The van der Waals surface area contributed by atoms with E-state index in [1.54, 1.807) is 18.7 Å². The van der Waals surface area contributed by atoms with Gasteiger partial charge >= 0.3 is 6.18 Å². The average Bonchev–Trinajstić information content (AvgIpc) is 3.22. The highest BCUT2D eigenvalue weighted by Gasteiger charge is 2.57.